The number of aromatic nitrogens is 3. The highest BCUT2D eigenvalue weighted by Gasteiger charge is 1.99. The highest BCUT2D eigenvalue weighted by Crippen LogP contribution is 2.09. The monoisotopic (exact) mass is 201 g/mol. The summed E-state index contributed by atoms with van der Waals surface area (Å²) in [5.74, 6) is 0.173. The molecule has 1 heterocycles. The molecule has 0 aliphatic heterocycles. The van der Waals surface area contributed by atoms with Crippen LogP contribution in [0.2, 0.25) is 0 Å². The van der Waals surface area contributed by atoms with Crippen LogP contribution in [0.15, 0.2) is 36.9 Å². The van der Waals surface area contributed by atoms with Crippen LogP contribution in [-0.4, -0.2) is 20.5 Å². The fraction of sp³-hybridized carbons (Fsp3) is 0.182. The summed E-state index contributed by atoms with van der Waals surface area (Å²) in [6.45, 7) is 1.59. The van der Waals surface area contributed by atoms with Crippen molar-refractivity contribution >= 4 is 5.78 Å². The van der Waals surface area contributed by atoms with E-state index in [9.17, 15) is 4.79 Å². The second-order valence-corrected chi connectivity index (χ2v) is 3.41. The van der Waals surface area contributed by atoms with Crippen molar-refractivity contribution in [2.75, 3.05) is 0 Å². The predicted molar refractivity (Wildman–Crippen MR) is 55.7 cm³/mol. The number of rotatable bonds is 3. The smallest absolute Gasteiger partial charge is 0.134 e. The lowest BCUT2D eigenvalue weighted by Crippen LogP contribution is -1.97. The first kappa shape index (κ1) is 9.58. The summed E-state index contributed by atoms with van der Waals surface area (Å²) in [7, 11) is 0. The van der Waals surface area contributed by atoms with E-state index in [1.54, 1.807) is 19.6 Å². The van der Waals surface area contributed by atoms with E-state index in [1.165, 1.54) is 0 Å². The van der Waals surface area contributed by atoms with Gasteiger partial charge in [-0.1, -0.05) is 12.1 Å². The maximum absolute atomic E-state index is 10.9. The number of hydrogen-bond acceptors (Lipinski definition) is 3. The maximum Gasteiger partial charge on any atom is 0.134 e. The second kappa shape index (κ2) is 4.04. The first-order valence-electron chi connectivity index (χ1n) is 4.69. The van der Waals surface area contributed by atoms with Gasteiger partial charge in [-0.3, -0.25) is 9.36 Å². The van der Waals surface area contributed by atoms with Crippen LogP contribution in [0.4, 0.5) is 0 Å². The topological polar surface area (TPSA) is 47.8 Å². The first-order valence-corrected chi connectivity index (χ1v) is 4.69. The fourth-order valence-electron chi connectivity index (χ4n) is 1.41. The van der Waals surface area contributed by atoms with Gasteiger partial charge >= 0.3 is 0 Å². The Bertz CT molecular complexity index is 445. The van der Waals surface area contributed by atoms with Gasteiger partial charge in [0.2, 0.25) is 0 Å². The van der Waals surface area contributed by atoms with Gasteiger partial charge in [-0.15, -0.1) is 10.2 Å². The molecular weight excluding hydrogens is 190 g/mol. The lowest BCUT2D eigenvalue weighted by molar-refractivity contribution is -0.116. The van der Waals surface area contributed by atoms with E-state index in [4.69, 9.17) is 0 Å². The Hall–Kier alpha value is -1.97. The van der Waals surface area contributed by atoms with Gasteiger partial charge < -0.3 is 0 Å². The molecule has 0 bridgehead atoms. The van der Waals surface area contributed by atoms with Gasteiger partial charge in [-0.2, -0.15) is 0 Å². The number of nitrogens with zero attached hydrogens (tertiary/aromatic N) is 3. The molecule has 0 atom stereocenters. The van der Waals surface area contributed by atoms with E-state index < -0.39 is 0 Å². The minimum atomic E-state index is 0.173. The van der Waals surface area contributed by atoms with Crippen LogP contribution >= 0.6 is 0 Å². The van der Waals surface area contributed by atoms with Crippen molar-refractivity contribution in [3.05, 3.63) is 42.5 Å². The van der Waals surface area contributed by atoms with Crippen molar-refractivity contribution in [3.63, 3.8) is 0 Å². The number of carbonyl (C=O) groups is 1. The molecule has 1 aromatic heterocycles. The first-order chi connectivity index (χ1) is 7.25. The highest BCUT2D eigenvalue weighted by atomic mass is 16.1. The molecule has 2 aromatic rings. The third kappa shape index (κ3) is 2.28. The van der Waals surface area contributed by atoms with Gasteiger partial charge in [0.25, 0.3) is 0 Å². The average Bonchev–Trinajstić information content (AvgIpc) is 2.71. The molecule has 0 unspecified atom stereocenters. The largest absolute Gasteiger partial charge is 0.300 e. The van der Waals surface area contributed by atoms with E-state index in [0.717, 1.165) is 11.3 Å². The maximum atomic E-state index is 10.9. The van der Waals surface area contributed by atoms with Gasteiger partial charge in [-0.25, -0.2) is 0 Å². The summed E-state index contributed by atoms with van der Waals surface area (Å²) in [4.78, 5) is 10.9. The van der Waals surface area contributed by atoms with Crippen molar-refractivity contribution in [2.24, 2.45) is 0 Å². The van der Waals surface area contributed by atoms with Crippen molar-refractivity contribution in [1.29, 1.82) is 0 Å². The van der Waals surface area contributed by atoms with E-state index in [2.05, 4.69) is 10.2 Å². The summed E-state index contributed by atoms with van der Waals surface area (Å²) in [6, 6.07) is 7.77. The molecule has 2 rings (SSSR count). The van der Waals surface area contributed by atoms with E-state index in [-0.39, 0.29) is 5.78 Å². The molecule has 0 aliphatic rings. The molecule has 15 heavy (non-hydrogen) atoms. The predicted octanol–water partition coefficient (Wildman–Crippen LogP) is 1.40. The molecule has 4 nitrogen and oxygen atoms in total. The van der Waals surface area contributed by atoms with E-state index >= 15 is 0 Å². The van der Waals surface area contributed by atoms with Gasteiger partial charge in [0.05, 0.1) is 0 Å². The summed E-state index contributed by atoms with van der Waals surface area (Å²) >= 11 is 0. The van der Waals surface area contributed by atoms with Gasteiger partial charge in [0.15, 0.2) is 0 Å². The van der Waals surface area contributed by atoms with Crippen LogP contribution in [0.3, 0.4) is 0 Å². The number of carbonyl (C=O) groups excluding carboxylic acids is 1. The van der Waals surface area contributed by atoms with Crippen molar-refractivity contribution in [3.8, 4) is 5.69 Å². The molecule has 0 fully saturated rings. The molecule has 0 radical (unpaired) electrons. The third-order valence-corrected chi connectivity index (χ3v) is 2.11. The SMILES string of the molecule is CC(=O)Cc1ccc(-n2cnnc2)cc1. The van der Waals surface area contributed by atoms with Crippen molar-refractivity contribution < 1.29 is 4.79 Å². The van der Waals surface area contributed by atoms with Gasteiger partial charge in [0, 0.05) is 12.1 Å². The van der Waals surface area contributed by atoms with Crippen LogP contribution in [-0.2, 0) is 11.2 Å². The molecule has 0 aliphatic carbocycles. The Morgan fingerprint density at radius 1 is 1.20 bits per heavy atom. The Kier molecular flexibility index (Phi) is 2.58. The Morgan fingerprint density at radius 3 is 2.33 bits per heavy atom. The van der Waals surface area contributed by atoms with E-state index in [1.807, 2.05) is 28.8 Å². The molecule has 0 amide bonds. The molecule has 76 valence electrons. The fourth-order valence-corrected chi connectivity index (χ4v) is 1.41. The quantitative estimate of drug-likeness (QED) is 0.754. The number of hydrogen-bond donors (Lipinski definition) is 0. The Labute approximate surface area is 87.6 Å². The van der Waals surface area contributed by atoms with Crippen LogP contribution in [0.1, 0.15) is 12.5 Å². The van der Waals surface area contributed by atoms with Gasteiger partial charge in [-0.05, 0) is 24.6 Å². The van der Waals surface area contributed by atoms with Crippen LogP contribution in [0.25, 0.3) is 5.69 Å². The summed E-state index contributed by atoms with van der Waals surface area (Å²) in [5, 5.41) is 7.46. The Balaban J connectivity index is 2.21. The highest BCUT2D eigenvalue weighted by molar-refractivity contribution is 5.78. The molecule has 0 saturated heterocycles. The van der Waals surface area contributed by atoms with Crippen LogP contribution < -0.4 is 0 Å². The molecule has 0 N–H and O–H groups in total. The number of benzene rings is 1. The summed E-state index contributed by atoms with van der Waals surface area (Å²) in [6.07, 6.45) is 3.77. The van der Waals surface area contributed by atoms with Crippen molar-refractivity contribution in [2.45, 2.75) is 13.3 Å². The molecule has 1 aromatic carbocycles. The number of ketones is 1. The molecule has 0 saturated carbocycles. The average molecular weight is 201 g/mol. The lowest BCUT2D eigenvalue weighted by atomic mass is 10.1. The second-order valence-electron chi connectivity index (χ2n) is 3.41. The van der Waals surface area contributed by atoms with E-state index in [0.29, 0.717) is 6.42 Å². The zero-order chi connectivity index (χ0) is 10.7. The zero-order valence-electron chi connectivity index (χ0n) is 8.42. The normalized spacial score (nSPS) is 10.2. The van der Waals surface area contributed by atoms with Crippen molar-refractivity contribution in [1.82, 2.24) is 14.8 Å². The minimum Gasteiger partial charge on any atom is -0.300 e. The number of Topliss-reactive ketones (excluding diaryl/α,β-unsaturated/α-hetero) is 1. The zero-order valence-corrected chi connectivity index (χ0v) is 8.42. The summed E-state index contributed by atoms with van der Waals surface area (Å²) in [5.41, 5.74) is 2.02. The van der Waals surface area contributed by atoms with Crippen LogP contribution in [0.5, 0.6) is 0 Å². The summed E-state index contributed by atoms with van der Waals surface area (Å²) < 4.78 is 1.82. The molecule has 0 spiro atoms. The Morgan fingerprint density at radius 2 is 1.80 bits per heavy atom. The standard InChI is InChI=1S/C11H11N3O/c1-9(15)6-10-2-4-11(5-3-10)14-7-12-13-8-14/h2-5,7-8H,6H2,1H3. The minimum absolute atomic E-state index is 0.173. The van der Waals surface area contributed by atoms with Gasteiger partial charge in [0.1, 0.15) is 18.4 Å². The third-order valence-electron chi connectivity index (χ3n) is 2.11. The molecule has 4 heteroatoms. The molecular formula is C11H11N3O. The lowest BCUT2D eigenvalue weighted by Gasteiger charge is -2.02. The van der Waals surface area contributed by atoms with Crippen LogP contribution in [0, 0.1) is 0 Å².